The predicted molar refractivity (Wildman–Crippen MR) is 114 cm³/mol. The predicted octanol–water partition coefficient (Wildman–Crippen LogP) is 2.47. The zero-order valence-electron chi connectivity index (χ0n) is 16.4. The highest BCUT2D eigenvalue weighted by atomic mass is 35.5. The molecule has 3 atom stereocenters. The minimum Gasteiger partial charge on any atom is -0.365 e. The van der Waals surface area contributed by atoms with Crippen molar-refractivity contribution in [2.45, 2.75) is 36.3 Å². The van der Waals surface area contributed by atoms with E-state index in [-0.39, 0.29) is 25.1 Å². The van der Waals surface area contributed by atoms with Crippen LogP contribution < -0.4 is 0 Å². The standard InChI is InChI=1S/C22H23ClN2O4S/c23-18-8-6-17(7-9-18)12-25-15-22-14-24(21(26)10-16-4-2-1-3-5-16)13-19(29-22)11-20(22)30(25,27)28/h1-9,19-20H,10-15H2/t19-,20+,22+/m0/s1. The van der Waals surface area contributed by atoms with Gasteiger partial charge >= 0.3 is 0 Å². The van der Waals surface area contributed by atoms with Crippen LogP contribution in [-0.2, 0) is 32.5 Å². The Morgan fingerprint density at radius 2 is 1.80 bits per heavy atom. The number of halogens is 1. The summed E-state index contributed by atoms with van der Waals surface area (Å²) in [7, 11) is -3.51. The number of hydrogen-bond acceptors (Lipinski definition) is 4. The Hall–Kier alpha value is -1.93. The summed E-state index contributed by atoms with van der Waals surface area (Å²) in [6.07, 6.45) is 0.528. The Kier molecular flexibility index (Phi) is 4.89. The molecule has 1 spiro atoms. The minimum atomic E-state index is -3.51. The summed E-state index contributed by atoms with van der Waals surface area (Å²) in [4.78, 5) is 14.7. The van der Waals surface area contributed by atoms with Gasteiger partial charge in [0, 0.05) is 24.7 Å². The number of nitrogens with zero attached hydrogens (tertiary/aromatic N) is 2. The van der Waals surface area contributed by atoms with Crippen molar-refractivity contribution in [3.63, 3.8) is 0 Å². The maximum Gasteiger partial charge on any atom is 0.227 e. The van der Waals surface area contributed by atoms with Gasteiger partial charge in [-0.3, -0.25) is 4.79 Å². The van der Waals surface area contributed by atoms with Gasteiger partial charge in [0.15, 0.2) is 0 Å². The second-order valence-corrected chi connectivity index (χ2v) is 11.0. The molecule has 3 saturated heterocycles. The van der Waals surface area contributed by atoms with Crippen LogP contribution in [0, 0.1) is 0 Å². The smallest absolute Gasteiger partial charge is 0.227 e. The van der Waals surface area contributed by atoms with E-state index in [9.17, 15) is 13.2 Å². The summed E-state index contributed by atoms with van der Waals surface area (Å²) in [5.41, 5.74) is 0.989. The average molecular weight is 447 g/mol. The molecule has 0 aromatic heterocycles. The second-order valence-electron chi connectivity index (χ2n) is 8.41. The lowest BCUT2D eigenvalue weighted by atomic mass is 9.99. The SMILES string of the molecule is O=C(Cc1ccccc1)N1C[C@@H]2C[C@@H]3[C@@](C1)(CN(Cc1ccc(Cl)cc1)S3(=O)=O)O2. The largest absolute Gasteiger partial charge is 0.365 e. The van der Waals surface area contributed by atoms with Crippen LogP contribution in [0.2, 0.25) is 5.02 Å². The molecule has 1 amide bonds. The first kappa shape index (κ1) is 20.0. The number of hydrogen-bond donors (Lipinski definition) is 0. The average Bonchev–Trinajstić information content (AvgIpc) is 3.09. The third-order valence-corrected chi connectivity index (χ3v) is 8.91. The highest BCUT2D eigenvalue weighted by Crippen LogP contribution is 2.47. The van der Waals surface area contributed by atoms with E-state index in [0.717, 1.165) is 11.1 Å². The van der Waals surface area contributed by atoms with Crippen molar-refractivity contribution in [3.05, 3.63) is 70.7 Å². The molecule has 5 rings (SSSR count). The van der Waals surface area contributed by atoms with Crippen LogP contribution in [0.15, 0.2) is 54.6 Å². The van der Waals surface area contributed by atoms with Gasteiger partial charge in [-0.2, -0.15) is 4.31 Å². The highest BCUT2D eigenvalue weighted by Gasteiger charge is 2.65. The molecule has 2 bridgehead atoms. The fraction of sp³-hybridized carbons (Fsp3) is 0.409. The summed E-state index contributed by atoms with van der Waals surface area (Å²) < 4.78 is 34.3. The maximum absolute atomic E-state index is 13.3. The molecule has 6 nitrogen and oxygen atoms in total. The number of likely N-dealkylation sites (tertiary alicyclic amines) is 1. The second kappa shape index (κ2) is 7.34. The Bertz CT molecular complexity index is 1060. The van der Waals surface area contributed by atoms with E-state index in [4.69, 9.17) is 16.3 Å². The van der Waals surface area contributed by atoms with E-state index in [1.54, 1.807) is 17.0 Å². The Morgan fingerprint density at radius 1 is 1.07 bits per heavy atom. The van der Waals surface area contributed by atoms with Crippen LogP contribution in [0.4, 0.5) is 0 Å². The van der Waals surface area contributed by atoms with Gasteiger partial charge in [-0.25, -0.2) is 8.42 Å². The first-order valence-electron chi connectivity index (χ1n) is 10.1. The van der Waals surface area contributed by atoms with Gasteiger partial charge in [-0.05, 0) is 29.7 Å². The van der Waals surface area contributed by atoms with Crippen molar-refractivity contribution in [2.75, 3.05) is 19.6 Å². The number of carbonyl (C=O) groups is 1. The Morgan fingerprint density at radius 3 is 2.53 bits per heavy atom. The van der Waals surface area contributed by atoms with Crippen LogP contribution in [0.5, 0.6) is 0 Å². The molecule has 0 N–H and O–H groups in total. The normalized spacial score (nSPS) is 29.7. The van der Waals surface area contributed by atoms with Crippen LogP contribution in [0.3, 0.4) is 0 Å². The van der Waals surface area contributed by atoms with Gasteiger partial charge in [0.05, 0.1) is 19.1 Å². The summed E-state index contributed by atoms with van der Waals surface area (Å²) >= 11 is 5.94. The van der Waals surface area contributed by atoms with E-state index >= 15 is 0 Å². The topological polar surface area (TPSA) is 66.9 Å². The number of ether oxygens (including phenoxy) is 1. The molecule has 0 saturated carbocycles. The third kappa shape index (κ3) is 3.43. The fourth-order valence-corrected chi connectivity index (χ4v) is 7.37. The number of carbonyl (C=O) groups excluding carboxylic acids is 1. The summed E-state index contributed by atoms with van der Waals surface area (Å²) in [6.45, 7) is 1.32. The molecule has 30 heavy (non-hydrogen) atoms. The van der Waals surface area contributed by atoms with E-state index in [0.29, 0.717) is 31.0 Å². The molecule has 3 fully saturated rings. The van der Waals surface area contributed by atoms with Crippen molar-refractivity contribution < 1.29 is 17.9 Å². The summed E-state index contributed by atoms with van der Waals surface area (Å²) in [6, 6.07) is 16.8. The molecule has 3 aliphatic rings. The lowest BCUT2D eigenvalue weighted by Gasteiger charge is -2.39. The van der Waals surface area contributed by atoms with Gasteiger partial charge in [0.2, 0.25) is 15.9 Å². The van der Waals surface area contributed by atoms with Gasteiger partial charge in [-0.15, -0.1) is 0 Å². The van der Waals surface area contributed by atoms with E-state index in [1.807, 2.05) is 42.5 Å². The zero-order valence-corrected chi connectivity index (χ0v) is 18.0. The van der Waals surface area contributed by atoms with Crippen LogP contribution >= 0.6 is 11.6 Å². The first-order chi connectivity index (χ1) is 14.4. The van der Waals surface area contributed by atoms with Crippen molar-refractivity contribution >= 4 is 27.5 Å². The first-order valence-corrected chi connectivity index (χ1v) is 12.0. The zero-order chi connectivity index (χ0) is 20.9. The lowest BCUT2D eigenvalue weighted by Crippen LogP contribution is -2.56. The quantitative estimate of drug-likeness (QED) is 0.723. The molecule has 3 heterocycles. The molecule has 2 aromatic rings. The maximum atomic E-state index is 13.3. The molecule has 0 aliphatic carbocycles. The Balaban J connectivity index is 1.35. The number of amides is 1. The van der Waals surface area contributed by atoms with E-state index < -0.39 is 20.9 Å². The van der Waals surface area contributed by atoms with Crippen molar-refractivity contribution in [2.24, 2.45) is 0 Å². The van der Waals surface area contributed by atoms with Crippen LogP contribution in [-0.4, -0.2) is 60.1 Å². The number of morpholine rings is 1. The molecule has 3 aliphatic heterocycles. The van der Waals surface area contributed by atoms with Crippen LogP contribution in [0.25, 0.3) is 0 Å². The number of benzene rings is 2. The van der Waals surface area contributed by atoms with Crippen molar-refractivity contribution in [1.82, 2.24) is 9.21 Å². The number of fused-ring (bicyclic) bond motifs is 1. The van der Waals surface area contributed by atoms with Crippen LogP contribution in [0.1, 0.15) is 17.5 Å². The lowest BCUT2D eigenvalue weighted by molar-refractivity contribution is -0.150. The molecule has 2 aromatic carbocycles. The van der Waals surface area contributed by atoms with Gasteiger partial charge in [-0.1, -0.05) is 54.1 Å². The monoisotopic (exact) mass is 446 g/mol. The molecule has 0 unspecified atom stereocenters. The number of sulfonamides is 1. The van der Waals surface area contributed by atoms with Gasteiger partial charge in [0.25, 0.3) is 0 Å². The number of rotatable bonds is 4. The molecular formula is C22H23ClN2O4S. The molecular weight excluding hydrogens is 424 g/mol. The van der Waals surface area contributed by atoms with Gasteiger partial charge in [0.1, 0.15) is 10.9 Å². The minimum absolute atomic E-state index is 0.0167. The molecule has 0 radical (unpaired) electrons. The Labute approximate surface area is 181 Å². The fourth-order valence-electron chi connectivity index (χ4n) is 4.96. The third-order valence-electron chi connectivity index (χ3n) is 6.33. The van der Waals surface area contributed by atoms with Crippen molar-refractivity contribution in [1.29, 1.82) is 0 Å². The van der Waals surface area contributed by atoms with E-state index in [2.05, 4.69) is 0 Å². The molecule has 8 heteroatoms. The molecule has 158 valence electrons. The van der Waals surface area contributed by atoms with Gasteiger partial charge < -0.3 is 9.64 Å². The summed E-state index contributed by atoms with van der Waals surface area (Å²) in [5.74, 6) is 0.0167. The van der Waals surface area contributed by atoms with E-state index in [1.165, 1.54) is 4.31 Å². The highest BCUT2D eigenvalue weighted by molar-refractivity contribution is 7.90. The van der Waals surface area contributed by atoms with Crippen molar-refractivity contribution in [3.8, 4) is 0 Å². The summed E-state index contributed by atoms with van der Waals surface area (Å²) in [5, 5.41) is 0.0151.